The van der Waals surface area contributed by atoms with Gasteiger partial charge in [-0.1, -0.05) is 5.21 Å². The summed E-state index contributed by atoms with van der Waals surface area (Å²) in [6.07, 6.45) is -0.422. The Morgan fingerprint density at radius 2 is 2.24 bits per heavy atom. The molecule has 1 aromatic heterocycles. The molecule has 0 bridgehead atoms. The zero-order valence-electron chi connectivity index (χ0n) is 10.9. The Balaban J connectivity index is 2.01. The lowest BCUT2D eigenvalue weighted by Gasteiger charge is -2.34. The highest BCUT2D eigenvalue weighted by atomic mass is 32.2. The van der Waals surface area contributed by atoms with Gasteiger partial charge >= 0.3 is 12.0 Å². The van der Waals surface area contributed by atoms with Crippen LogP contribution in [0.25, 0.3) is 0 Å². The van der Waals surface area contributed by atoms with Crippen molar-refractivity contribution in [2.75, 3.05) is 18.1 Å². The number of rotatable bonds is 4. The summed E-state index contributed by atoms with van der Waals surface area (Å²) < 4.78 is 23.1. The summed E-state index contributed by atoms with van der Waals surface area (Å²) in [4.78, 5) is 24.1. The first-order valence-corrected chi connectivity index (χ1v) is 7.88. The van der Waals surface area contributed by atoms with E-state index in [9.17, 15) is 18.0 Å². The molecule has 3 N–H and O–H groups in total. The normalized spacial score (nSPS) is 21.0. The lowest BCUT2D eigenvalue weighted by Crippen LogP contribution is -2.54. The van der Waals surface area contributed by atoms with Crippen LogP contribution in [0, 0.1) is 0 Å². The third-order valence-electron chi connectivity index (χ3n) is 2.99. The van der Waals surface area contributed by atoms with Crippen LogP contribution in [0.2, 0.25) is 0 Å². The largest absolute Gasteiger partial charge is 0.481 e. The van der Waals surface area contributed by atoms with E-state index in [2.05, 4.69) is 25.9 Å². The number of hydrogen-bond donors (Lipinski definition) is 3. The van der Waals surface area contributed by atoms with Crippen LogP contribution in [0.4, 0.5) is 4.79 Å². The molecule has 2 heterocycles. The van der Waals surface area contributed by atoms with Gasteiger partial charge in [-0.25, -0.2) is 13.2 Å². The topological polar surface area (TPSA) is 158 Å². The maximum Gasteiger partial charge on any atom is 0.318 e. The number of carbonyl (C=O) groups is 2. The van der Waals surface area contributed by atoms with E-state index >= 15 is 0 Å². The minimum atomic E-state index is -3.33. The predicted molar refractivity (Wildman–Crippen MR) is 67.8 cm³/mol. The standard InChI is InChI=1S/C9H14N6O5S/c16-8(17)3-6-5-21(19,20)2-1-15(6)9(18)10-4-7-11-13-14-12-7/h6H,1-5H2,(H,10,18)(H,16,17)(H,11,12,13,14). The first kappa shape index (κ1) is 15.2. The van der Waals surface area contributed by atoms with Gasteiger partial charge in [-0.2, -0.15) is 5.21 Å². The fraction of sp³-hybridized carbons (Fsp3) is 0.667. The number of hydrogen-bond acceptors (Lipinski definition) is 7. The number of aromatic amines is 1. The van der Waals surface area contributed by atoms with Crippen molar-refractivity contribution < 1.29 is 23.1 Å². The molecular weight excluding hydrogens is 304 g/mol. The zero-order chi connectivity index (χ0) is 15.5. The quantitative estimate of drug-likeness (QED) is 0.574. The summed E-state index contributed by atoms with van der Waals surface area (Å²) in [5, 5.41) is 24.2. The highest BCUT2D eigenvalue weighted by Crippen LogP contribution is 2.15. The van der Waals surface area contributed by atoms with Crippen LogP contribution in [-0.4, -0.2) is 75.1 Å². The third-order valence-corrected chi connectivity index (χ3v) is 4.69. The molecule has 2 amide bonds. The smallest absolute Gasteiger partial charge is 0.318 e. The molecule has 1 aliphatic heterocycles. The van der Waals surface area contributed by atoms with Crippen molar-refractivity contribution in [2.45, 2.75) is 19.0 Å². The summed E-state index contributed by atoms with van der Waals surface area (Å²) in [5.41, 5.74) is 0. The van der Waals surface area contributed by atoms with Gasteiger partial charge in [0.25, 0.3) is 0 Å². The minimum absolute atomic E-state index is 0.0123. The molecule has 0 radical (unpaired) electrons. The number of carboxylic acid groups (broad SMARTS) is 1. The van der Waals surface area contributed by atoms with Crippen molar-refractivity contribution in [1.82, 2.24) is 30.8 Å². The van der Waals surface area contributed by atoms with Crippen molar-refractivity contribution in [3.05, 3.63) is 5.82 Å². The van der Waals surface area contributed by atoms with Gasteiger partial charge in [-0.15, -0.1) is 10.2 Å². The van der Waals surface area contributed by atoms with Gasteiger partial charge in [0.15, 0.2) is 15.7 Å². The van der Waals surface area contributed by atoms with Gasteiger partial charge in [0, 0.05) is 6.54 Å². The summed E-state index contributed by atoms with van der Waals surface area (Å²) >= 11 is 0. The number of tetrazole rings is 1. The number of carboxylic acids is 1. The van der Waals surface area contributed by atoms with E-state index in [0.29, 0.717) is 0 Å². The van der Waals surface area contributed by atoms with Crippen LogP contribution in [0.3, 0.4) is 0 Å². The summed E-state index contributed by atoms with van der Waals surface area (Å²) in [5.74, 6) is -1.43. The first-order chi connectivity index (χ1) is 9.87. The van der Waals surface area contributed by atoms with Crippen LogP contribution in [-0.2, 0) is 21.2 Å². The third kappa shape index (κ3) is 4.11. The second-order valence-corrected chi connectivity index (χ2v) is 6.77. The summed E-state index contributed by atoms with van der Waals surface area (Å²) in [6.45, 7) is -0.0310. The number of sulfone groups is 1. The Bertz CT molecular complexity index is 615. The number of nitrogens with zero attached hydrogens (tertiary/aromatic N) is 4. The molecule has 2 rings (SSSR count). The predicted octanol–water partition coefficient (Wildman–Crippen LogP) is -2.02. The Labute approximate surface area is 119 Å². The van der Waals surface area contributed by atoms with Crippen LogP contribution >= 0.6 is 0 Å². The van der Waals surface area contributed by atoms with Crippen molar-refractivity contribution in [1.29, 1.82) is 0 Å². The second kappa shape index (κ2) is 6.03. The maximum atomic E-state index is 12.0. The highest BCUT2D eigenvalue weighted by Gasteiger charge is 2.35. The van der Waals surface area contributed by atoms with E-state index < -0.39 is 34.3 Å². The molecule has 21 heavy (non-hydrogen) atoms. The molecule has 116 valence electrons. The van der Waals surface area contributed by atoms with E-state index in [1.165, 1.54) is 4.90 Å². The molecule has 1 atom stereocenters. The van der Waals surface area contributed by atoms with Crippen LogP contribution in [0.15, 0.2) is 0 Å². The molecule has 1 aliphatic rings. The highest BCUT2D eigenvalue weighted by molar-refractivity contribution is 7.91. The van der Waals surface area contributed by atoms with Gasteiger partial charge in [-0.05, 0) is 0 Å². The van der Waals surface area contributed by atoms with Crippen LogP contribution in [0.1, 0.15) is 12.2 Å². The molecule has 12 heteroatoms. The monoisotopic (exact) mass is 318 g/mol. The Morgan fingerprint density at radius 3 is 2.86 bits per heavy atom. The molecule has 1 saturated heterocycles. The molecule has 1 aromatic rings. The van der Waals surface area contributed by atoms with E-state index in [1.807, 2.05) is 0 Å². The van der Waals surface area contributed by atoms with Gasteiger partial charge in [0.1, 0.15) is 0 Å². The fourth-order valence-corrected chi connectivity index (χ4v) is 3.56. The molecular formula is C9H14N6O5S. The minimum Gasteiger partial charge on any atom is -0.481 e. The first-order valence-electron chi connectivity index (χ1n) is 6.06. The molecule has 0 aromatic carbocycles. The van der Waals surface area contributed by atoms with Gasteiger partial charge in [0.05, 0.1) is 30.5 Å². The van der Waals surface area contributed by atoms with Gasteiger partial charge in [-0.3, -0.25) is 4.79 Å². The lowest BCUT2D eigenvalue weighted by atomic mass is 10.2. The molecule has 0 spiro atoms. The molecule has 1 fully saturated rings. The maximum absolute atomic E-state index is 12.0. The number of amides is 2. The molecule has 0 aliphatic carbocycles. The SMILES string of the molecule is O=C(O)CC1CS(=O)(=O)CCN1C(=O)NCc1nn[nH]n1. The number of aromatic nitrogens is 4. The van der Waals surface area contributed by atoms with Gasteiger partial charge < -0.3 is 15.3 Å². The van der Waals surface area contributed by atoms with Crippen molar-refractivity contribution in [3.63, 3.8) is 0 Å². The molecule has 11 nitrogen and oxygen atoms in total. The number of urea groups is 1. The number of H-pyrrole nitrogens is 1. The van der Waals surface area contributed by atoms with Gasteiger partial charge in [0.2, 0.25) is 0 Å². The molecule has 1 unspecified atom stereocenters. The number of aliphatic carboxylic acids is 1. The number of nitrogens with one attached hydrogen (secondary N) is 2. The Morgan fingerprint density at radius 1 is 1.48 bits per heavy atom. The lowest BCUT2D eigenvalue weighted by molar-refractivity contribution is -0.138. The van der Waals surface area contributed by atoms with E-state index in [-0.39, 0.29) is 30.4 Å². The molecule has 0 saturated carbocycles. The van der Waals surface area contributed by atoms with Crippen molar-refractivity contribution in [2.24, 2.45) is 0 Å². The Kier molecular flexibility index (Phi) is 4.35. The zero-order valence-corrected chi connectivity index (χ0v) is 11.7. The Hall–Kier alpha value is -2.24. The van der Waals surface area contributed by atoms with E-state index in [4.69, 9.17) is 5.11 Å². The van der Waals surface area contributed by atoms with E-state index in [1.54, 1.807) is 0 Å². The fourth-order valence-electron chi connectivity index (χ4n) is 2.04. The second-order valence-electron chi connectivity index (χ2n) is 4.55. The van der Waals surface area contributed by atoms with Crippen LogP contribution < -0.4 is 5.32 Å². The average molecular weight is 318 g/mol. The average Bonchev–Trinajstić information content (AvgIpc) is 2.87. The summed E-state index contributed by atoms with van der Waals surface area (Å²) in [7, 11) is -3.33. The van der Waals surface area contributed by atoms with Crippen LogP contribution in [0.5, 0.6) is 0 Å². The van der Waals surface area contributed by atoms with Crippen molar-refractivity contribution >= 4 is 21.8 Å². The summed E-state index contributed by atoms with van der Waals surface area (Å²) in [6, 6.07) is -1.44. The van der Waals surface area contributed by atoms with Crippen molar-refractivity contribution in [3.8, 4) is 0 Å². The van der Waals surface area contributed by atoms with E-state index in [0.717, 1.165) is 0 Å². The number of carbonyl (C=O) groups excluding carboxylic acids is 1.